The van der Waals surface area contributed by atoms with E-state index < -0.39 is 0 Å². The molecule has 0 aliphatic carbocycles. The zero-order valence-corrected chi connectivity index (χ0v) is 12.4. The van der Waals surface area contributed by atoms with Crippen LogP contribution in [0.4, 0.5) is 0 Å². The summed E-state index contributed by atoms with van der Waals surface area (Å²) in [6.45, 7) is 9.48. The molecule has 2 atom stereocenters. The number of unbranched alkanes of at least 4 members (excludes halogenated alkanes) is 2. The lowest BCUT2D eigenvalue weighted by Crippen LogP contribution is -2.48. The summed E-state index contributed by atoms with van der Waals surface area (Å²) in [7, 11) is 0. The Morgan fingerprint density at radius 2 is 1.83 bits per heavy atom. The van der Waals surface area contributed by atoms with E-state index in [-0.39, 0.29) is 5.92 Å². The highest BCUT2D eigenvalue weighted by atomic mass is 16.2. The Morgan fingerprint density at radius 1 is 1.22 bits per heavy atom. The van der Waals surface area contributed by atoms with Crippen LogP contribution in [0.3, 0.4) is 0 Å². The number of nitrogens with zero attached hydrogens (tertiary/aromatic N) is 1. The molecule has 0 aromatic carbocycles. The fourth-order valence-electron chi connectivity index (χ4n) is 2.65. The van der Waals surface area contributed by atoms with Gasteiger partial charge in [-0.3, -0.25) is 4.79 Å². The summed E-state index contributed by atoms with van der Waals surface area (Å²) >= 11 is 0. The number of hydrogen-bond acceptors (Lipinski definition) is 2. The zero-order chi connectivity index (χ0) is 13.4. The molecule has 1 fully saturated rings. The minimum atomic E-state index is 0.201. The van der Waals surface area contributed by atoms with E-state index in [4.69, 9.17) is 0 Å². The van der Waals surface area contributed by atoms with Crippen molar-refractivity contribution in [3.05, 3.63) is 0 Å². The van der Waals surface area contributed by atoms with Crippen LogP contribution in [0.25, 0.3) is 0 Å². The molecule has 2 unspecified atom stereocenters. The van der Waals surface area contributed by atoms with Crippen molar-refractivity contribution in [2.75, 3.05) is 19.6 Å². The average molecular weight is 254 g/mol. The van der Waals surface area contributed by atoms with E-state index >= 15 is 0 Å². The maximum atomic E-state index is 12.6. The first-order valence-electron chi connectivity index (χ1n) is 7.72. The summed E-state index contributed by atoms with van der Waals surface area (Å²) in [4.78, 5) is 14.7. The molecule has 106 valence electrons. The molecule has 1 saturated heterocycles. The van der Waals surface area contributed by atoms with Gasteiger partial charge in [-0.05, 0) is 39.2 Å². The quantitative estimate of drug-likeness (QED) is 0.757. The monoisotopic (exact) mass is 254 g/mol. The van der Waals surface area contributed by atoms with Crippen LogP contribution in [0.5, 0.6) is 0 Å². The van der Waals surface area contributed by atoms with Gasteiger partial charge in [0.1, 0.15) is 0 Å². The molecular weight excluding hydrogens is 224 g/mol. The predicted molar refractivity (Wildman–Crippen MR) is 76.6 cm³/mol. The highest BCUT2D eigenvalue weighted by Crippen LogP contribution is 2.19. The fourth-order valence-corrected chi connectivity index (χ4v) is 2.65. The lowest BCUT2D eigenvalue weighted by atomic mass is 9.90. The lowest BCUT2D eigenvalue weighted by Gasteiger charge is -2.34. The van der Waals surface area contributed by atoms with Crippen LogP contribution < -0.4 is 5.32 Å². The summed E-state index contributed by atoms with van der Waals surface area (Å²) in [5.41, 5.74) is 0. The molecule has 1 amide bonds. The van der Waals surface area contributed by atoms with E-state index in [9.17, 15) is 4.79 Å². The van der Waals surface area contributed by atoms with Gasteiger partial charge < -0.3 is 10.2 Å². The Balaban J connectivity index is 2.55. The van der Waals surface area contributed by atoms with E-state index in [1.54, 1.807) is 0 Å². The second-order valence-electron chi connectivity index (χ2n) is 5.52. The van der Waals surface area contributed by atoms with Crippen molar-refractivity contribution in [3.8, 4) is 0 Å². The molecule has 0 saturated carbocycles. The van der Waals surface area contributed by atoms with Gasteiger partial charge in [0.05, 0.1) is 5.92 Å². The third kappa shape index (κ3) is 4.60. The van der Waals surface area contributed by atoms with Crippen LogP contribution in [-0.2, 0) is 4.79 Å². The van der Waals surface area contributed by atoms with Crippen molar-refractivity contribution in [1.29, 1.82) is 0 Å². The van der Waals surface area contributed by atoms with Crippen LogP contribution in [0.1, 0.15) is 59.3 Å². The van der Waals surface area contributed by atoms with E-state index in [0.717, 1.165) is 58.2 Å². The molecule has 1 rings (SSSR count). The molecule has 0 bridgehead atoms. The molecule has 1 heterocycles. The molecule has 0 radical (unpaired) electrons. The summed E-state index contributed by atoms with van der Waals surface area (Å²) < 4.78 is 0. The van der Waals surface area contributed by atoms with E-state index in [1.165, 1.54) is 0 Å². The van der Waals surface area contributed by atoms with Crippen LogP contribution >= 0.6 is 0 Å². The largest absolute Gasteiger partial charge is 0.342 e. The molecule has 3 heteroatoms. The Kier molecular flexibility index (Phi) is 7.33. The van der Waals surface area contributed by atoms with Crippen LogP contribution in [-0.4, -0.2) is 36.5 Å². The maximum absolute atomic E-state index is 12.6. The molecule has 1 aliphatic heterocycles. The molecule has 0 aromatic rings. The van der Waals surface area contributed by atoms with Gasteiger partial charge in [-0.15, -0.1) is 0 Å². The molecule has 3 nitrogen and oxygen atoms in total. The summed E-state index contributed by atoms with van der Waals surface area (Å²) in [5, 5.41) is 3.43. The second kappa shape index (κ2) is 8.52. The second-order valence-corrected chi connectivity index (χ2v) is 5.52. The number of hydrogen-bond donors (Lipinski definition) is 1. The zero-order valence-electron chi connectivity index (χ0n) is 12.4. The van der Waals surface area contributed by atoms with Crippen LogP contribution in [0, 0.1) is 5.92 Å². The SMILES string of the molecule is CCCCN(CCCC)C(=O)C1CCCNC1C. The van der Waals surface area contributed by atoms with Gasteiger partial charge in [-0.1, -0.05) is 26.7 Å². The van der Waals surface area contributed by atoms with Gasteiger partial charge in [0.25, 0.3) is 0 Å². The van der Waals surface area contributed by atoms with Gasteiger partial charge in [-0.25, -0.2) is 0 Å². The Morgan fingerprint density at radius 3 is 2.33 bits per heavy atom. The predicted octanol–water partition coefficient (Wildman–Crippen LogP) is 2.80. The van der Waals surface area contributed by atoms with Gasteiger partial charge in [0.15, 0.2) is 0 Å². The third-order valence-corrected chi connectivity index (χ3v) is 3.95. The lowest BCUT2D eigenvalue weighted by molar-refractivity contribution is -0.137. The van der Waals surface area contributed by atoms with Crippen LogP contribution in [0.15, 0.2) is 0 Å². The van der Waals surface area contributed by atoms with Crippen molar-refractivity contribution in [2.45, 2.75) is 65.3 Å². The third-order valence-electron chi connectivity index (χ3n) is 3.95. The Labute approximate surface area is 112 Å². The molecule has 18 heavy (non-hydrogen) atoms. The van der Waals surface area contributed by atoms with E-state index in [0.29, 0.717) is 11.9 Å². The van der Waals surface area contributed by atoms with Crippen LogP contribution in [0.2, 0.25) is 0 Å². The highest BCUT2D eigenvalue weighted by molar-refractivity contribution is 5.79. The first-order chi connectivity index (χ1) is 8.70. The molecular formula is C15H30N2O. The minimum Gasteiger partial charge on any atom is -0.342 e. The highest BCUT2D eigenvalue weighted by Gasteiger charge is 2.30. The summed E-state index contributed by atoms with van der Waals surface area (Å²) in [5.74, 6) is 0.587. The Bertz CT molecular complexity index is 235. The summed E-state index contributed by atoms with van der Waals surface area (Å²) in [6.07, 6.45) is 6.77. The van der Waals surface area contributed by atoms with Gasteiger partial charge in [0.2, 0.25) is 5.91 Å². The van der Waals surface area contributed by atoms with E-state index in [1.807, 2.05) is 0 Å². The number of rotatable bonds is 7. The number of piperidine rings is 1. The molecule has 0 spiro atoms. The van der Waals surface area contributed by atoms with Crippen molar-refractivity contribution in [1.82, 2.24) is 10.2 Å². The molecule has 0 aromatic heterocycles. The van der Waals surface area contributed by atoms with Gasteiger partial charge in [0, 0.05) is 19.1 Å². The molecule has 1 N–H and O–H groups in total. The first kappa shape index (κ1) is 15.5. The maximum Gasteiger partial charge on any atom is 0.227 e. The number of carbonyl (C=O) groups is 1. The summed E-state index contributed by atoms with van der Waals surface area (Å²) in [6, 6.07) is 0.344. The number of carbonyl (C=O) groups excluding carboxylic acids is 1. The molecule has 1 aliphatic rings. The number of nitrogens with one attached hydrogen (secondary N) is 1. The van der Waals surface area contributed by atoms with Gasteiger partial charge in [-0.2, -0.15) is 0 Å². The standard InChI is InChI=1S/C15H30N2O/c1-4-6-11-17(12-7-5-2)15(18)14-9-8-10-16-13(14)3/h13-14,16H,4-12H2,1-3H3. The van der Waals surface area contributed by atoms with Crippen molar-refractivity contribution >= 4 is 5.91 Å². The van der Waals surface area contributed by atoms with Crippen molar-refractivity contribution in [3.63, 3.8) is 0 Å². The smallest absolute Gasteiger partial charge is 0.227 e. The van der Waals surface area contributed by atoms with Gasteiger partial charge >= 0.3 is 0 Å². The topological polar surface area (TPSA) is 32.3 Å². The van der Waals surface area contributed by atoms with E-state index in [2.05, 4.69) is 31.0 Å². The first-order valence-corrected chi connectivity index (χ1v) is 7.72. The minimum absolute atomic E-state index is 0.201. The number of amides is 1. The average Bonchev–Trinajstić information content (AvgIpc) is 2.39. The fraction of sp³-hybridized carbons (Fsp3) is 0.933. The normalized spacial score (nSPS) is 23.9. The Hall–Kier alpha value is -0.570. The van der Waals surface area contributed by atoms with Crippen molar-refractivity contribution in [2.24, 2.45) is 5.92 Å². The van der Waals surface area contributed by atoms with Crippen molar-refractivity contribution < 1.29 is 4.79 Å².